The van der Waals surface area contributed by atoms with E-state index in [-0.39, 0.29) is 12.7 Å². The molecule has 8 heteroatoms. The Kier molecular flexibility index (Phi) is 4.88. The normalized spacial score (nSPS) is 39.7. The minimum absolute atomic E-state index is 0.264. The SMILES string of the molecule is C=CC(C)O[C@@H]1O[C@@H]2COC(C)(C)O[C@H]2[C@H](O)[C@H]1N=[N+]=[N-]. The van der Waals surface area contributed by atoms with Crippen LogP contribution in [0.4, 0.5) is 0 Å². The molecule has 2 rings (SSSR count). The van der Waals surface area contributed by atoms with Crippen molar-refractivity contribution in [3.05, 3.63) is 23.1 Å². The van der Waals surface area contributed by atoms with Crippen LogP contribution in [0.3, 0.4) is 0 Å². The minimum atomic E-state index is -1.04. The first-order chi connectivity index (χ1) is 9.88. The fourth-order valence-electron chi connectivity index (χ4n) is 2.39. The summed E-state index contributed by atoms with van der Waals surface area (Å²) in [4.78, 5) is 2.76. The lowest BCUT2D eigenvalue weighted by Crippen LogP contribution is -2.64. The predicted molar refractivity (Wildman–Crippen MR) is 73.2 cm³/mol. The first kappa shape index (κ1) is 16.2. The molecule has 118 valence electrons. The third kappa shape index (κ3) is 3.55. The lowest BCUT2D eigenvalue weighted by Gasteiger charge is -2.49. The van der Waals surface area contributed by atoms with Crippen LogP contribution in [0.5, 0.6) is 0 Å². The van der Waals surface area contributed by atoms with Crippen molar-refractivity contribution in [2.24, 2.45) is 5.11 Å². The van der Waals surface area contributed by atoms with E-state index < -0.39 is 36.4 Å². The zero-order chi connectivity index (χ0) is 15.6. The van der Waals surface area contributed by atoms with E-state index in [0.29, 0.717) is 0 Å². The Morgan fingerprint density at radius 3 is 2.90 bits per heavy atom. The van der Waals surface area contributed by atoms with Crippen LogP contribution in [0.1, 0.15) is 20.8 Å². The summed E-state index contributed by atoms with van der Waals surface area (Å²) in [6, 6.07) is -0.896. The largest absolute Gasteiger partial charge is 0.390 e. The van der Waals surface area contributed by atoms with Crippen LogP contribution < -0.4 is 0 Å². The van der Waals surface area contributed by atoms with Gasteiger partial charge in [-0.2, -0.15) is 0 Å². The minimum Gasteiger partial charge on any atom is -0.390 e. The van der Waals surface area contributed by atoms with E-state index in [1.807, 2.05) is 0 Å². The Balaban J connectivity index is 2.19. The van der Waals surface area contributed by atoms with Crippen LogP contribution >= 0.6 is 0 Å². The highest BCUT2D eigenvalue weighted by Gasteiger charge is 2.51. The Morgan fingerprint density at radius 1 is 1.57 bits per heavy atom. The van der Waals surface area contributed by atoms with Crippen molar-refractivity contribution < 1.29 is 24.1 Å². The Bertz CT molecular complexity index is 438. The molecule has 0 aromatic rings. The molecule has 2 heterocycles. The molecule has 0 aliphatic carbocycles. The molecule has 0 spiro atoms. The number of ether oxygens (including phenoxy) is 4. The van der Waals surface area contributed by atoms with Gasteiger partial charge in [0.1, 0.15) is 18.2 Å². The van der Waals surface area contributed by atoms with E-state index in [2.05, 4.69) is 16.6 Å². The number of hydrogen-bond acceptors (Lipinski definition) is 6. The Hall–Kier alpha value is -1.15. The summed E-state index contributed by atoms with van der Waals surface area (Å²) in [6.07, 6.45) is -1.75. The van der Waals surface area contributed by atoms with E-state index >= 15 is 0 Å². The zero-order valence-electron chi connectivity index (χ0n) is 12.4. The van der Waals surface area contributed by atoms with Crippen LogP contribution in [0.2, 0.25) is 0 Å². The van der Waals surface area contributed by atoms with Crippen molar-refractivity contribution in [3.8, 4) is 0 Å². The second kappa shape index (κ2) is 6.31. The van der Waals surface area contributed by atoms with Crippen molar-refractivity contribution in [1.29, 1.82) is 0 Å². The van der Waals surface area contributed by atoms with Crippen molar-refractivity contribution >= 4 is 0 Å². The van der Waals surface area contributed by atoms with Gasteiger partial charge in [0.05, 0.1) is 18.8 Å². The first-order valence-electron chi connectivity index (χ1n) is 6.85. The number of nitrogens with zero attached hydrogens (tertiary/aromatic N) is 3. The van der Waals surface area contributed by atoms with Crippen LogP contribution in [-0.4, -0.2) is 54.2 Å². The van der Waals surface area contributed by atoms with Gasteiger partial charge in [-0.3, -0.25) is 0 Å². The predicted octanol–water partition coefficient (Wildman–Crippen LogP) is 1.49. The maximum atomic E-state index is 10.5. The van der Waals surface area contributed by atoms with Crippen LogP contribution in [0, 0.1) is 0 Å². The molecule has 0 aromatic heterocycles. The molecule has 2 aliphatic heterocycles. The van der Waals surface area contributed by atoms with Gasteiger partial charge in [-0.1, -0.05) is 11.2 Å². The van der Waals surface area contributed by atoms with Gasteiger partial charge >= 0.3 is 0 Å². The fraction of sp³-hybridized carbons (Fsp3) is 0.846. The molecule has 0 saturated carbocycles. The number of aliphatic hydroxyl groups is 1. The quantitative estimate of drug-likeness (QED) is 0.366. The van der Waals surface area contributed by atoms with Gasteiger partial charge in [-0.15, -0.1) is 6.58 Å². The van der Waals surface area contributed by atoms with Crippen LogP contribution in [0.15, 0.2) is 17.8 Å². The van der Waals surface area contributed by atoms with Gasteiger partial charge in [0.15, 0.2) is 12.1 Å². The molecule has 2 fully saturated rings. The number of hydrogen-bond donors (Lipinski definition) is 1. The van der Waals surface area contributed by atoms with Gasteiger partial charge in [-0.25, -0.2) is 0 Å². The molecule has 1 unspecified atom stereocenters. The average Bonchev–Trinajstić information content (AvgIpc) is 2.43. The number of fused-ring (bicyclic) bond motifs is 1. The average molecular weight is 299 g/mol. The van der Waals surface area contributed by atoms with E-state index in [0.717, 1.165) is 0 Å². The van der Waals surface area contributed by atoms with Crippen molar-refractivity contribution in [3.63, 3.8) is 0 Å². The molecule has 1 N–H and O–H groups in total. The van der Waals surface area contributed by atoms with Gasteiger partial charge in [0, 0.05) is 4.91 Å². The second-order valence-corrected chi connectivity index (χ2v) is 5.60. The standard InChI is InChI=1S/C13H21N3O5/c1-5-7(2)19-12-9(15-16-14)10(17)11-8(20-12)6-18-13(3,4)21-11/h5,7-12,17H,1,6H2,2-4H3/t7?,8-,9-,10-,11-,12-/m1/s1. The van der Waals surface area contributed by atoms with Crippen molar-refractivity contribution in [1.82, 2.24) is 0 Å². The molecule has 2 aliphatic rings. The molecule has 0 bridgehead atoms. The fourth-order valence-corrected chi connectivity index (χ4v) is 2.39. The van der Waals surface area contributed by atoms with Gasteiger partial charge < -0.3 is 24.1 Å². The van der Waals surface area contributed by atoms with Crippen LogP contribution in [0.25, 0.3) is 10.4 Å². The summed E-state index contributed by atoms with van der Waals surface area (Å²) >= 11 is 0. The lowest BCUT2D eigenvalue weighted by molar-refractivity contribution is -0.368. The molecule has 2 saturated heterocycles. The van der Waals surface area contributed by atoms with E-state index in [1.165, 1.54) is 0 Å². The third-order valence-electron chi connectivity index (χ3n) is 3.52. The summed E-state index contributed by atoms with van der Waals surface area (Å²) < 4.78 is 22.6. The summed E-state index contributed by atoms with van der Waals surface area (Å²) in [5, 5.41) is 14.0. The summed E-state index contributed by atoms with van der Waals surface area (Å²) in [7, 11) is 0. The van der Waals surface area contributed by atoms with Gasteiger partial charge in [-0.05, 0) is 26.3 Å². The molecule has 8 nitrogen and oxygen atoms in total. The molecule has 21 heavy (non-hydrogen) atoms. The zero-order valence-corrected chi connectivity index (χ0v) is 12.4. The number of rotatable bonds is 4. The Morgan fingerprint density at radius 2 is 2.29 bits per heavy atom. The van der Waals surface area contributed by atoms with Gasteiger partial charge in [0.2, 0.25) is 0 Å². The highest BCUT2D eigenvalue weighted by atomic mass is 16.8. The van der Waals surface area contributed by atoms with E-state index in [9.17, 15) is 5.11 Å². The molecule has 0 aromatic carbocycles. The first-order valence-corrected chi connectivity index (χ1v) is 6.85. The van der Waals surface area contributed by atoms with Crippen molar-refractivity contribution in [2.75, 3.05) is 6.61 Å². The van der Waals surface area contributed by atoms with E-state index in [1.54, 1.807) is 26.8 Å². The smallest absolute Gasteiger partial charge is 0.170 e. The van der Waals surface area contributed by atoms with Crippen molar-refractivity contribution in [2.45, 2.75) is 63.3 Å². The highest BCUT2D eigenvalue weighted by Crippen LogP contribution is 2.34. The monoisotopic (exact) mass is 299 g/mol. The molecule has 0 amide bonds. The topological polar surface area (TPSA) is 106 Å². The summed E-state index contributed by atoms with van der Waals surface area (Å²) in [5.74, 6) is -0.825. The maximum absolute atomic E-state index is 10.5. The molecular formula is C13H21N3O5. The number of azide groups is 1. The van der Waals surface area contributed by atoms with Gasteiger partial charge in [0.25, 0.3) is 0 Å². The maximum Gasteiger partial charge on any atom is 0.170 e. The van der Waals surface area contributed by atoms with E-state index in [4.69, 9.17) is 24.5 Å². The summed E-state index contributed by atoms with van der Waals surface area (Å²) in [6.45, 7) is 9.16. The van der Waals surface area contributed by atoms with Crippen LogP contribution in [-0.2, 0) is 18.9 Å². The molecule has 6 atom stereocenters. The molecular weight excluding hydrogens is 278 g/mol. The number of aliphatic hydroxyl groups excluding tert-OH is 1. The second-order valence-electron chi connectivity index (χ2n) is 5.60. The lowest BCUT2D eigenvalue weighted by atomic mass is 9.96. The Labute approximate surface area is 123 Å². The highest BCUT2D eigenvalue weighted by molar-refractivity contribution is 4.97. The summed E-state index contributed by atoms with van der Waals surface area (Å²) in [5.41, 5.74) is 8.69. The molecule has 0 radical (unpaired) electrons. The third-order valence-corrected chi connectivity index (χ3v) is 3.52.